The highest BCUT2D eigenvalue weighted by atomic mass is 35.5. The van der Waals surface area contributed by atoms with Crippen molar-refractivity contribution in [1.29, 1.82) is 0 Å². The van der Waals surface area contributed by atoms with Gasteiger partial charge in [-0.05, 0) is 72.1 Å². The zero-order valence-electron chi connectivity index (χ0n) is 22.0. The van der Waals surface area contributed by atoms with Crippen LogP contribution in [0, 0.1) is 5.82 Å². The monoisotopic (exact) mass is 598 g/mol. The van der Waals surface area contributed by atoms with Crippen LogP contribution in [-0.2, 0) is 9.59 Å². The van der Waals surface area contributed by atoms with E-state index in [2.05, 4.69) is 20.9 Å². The highest BCUT2D eigenvalue weighted by Crippen LogP contribution is 2.25. The fraction of sp³-hybridized carbons (Fsp3) is 0.0312. The number of amides is 3. The molecule has 1 aromatic heterocycles. The second-order valence-corrected chi connectivity index (χ2v) is 10.6. The molecular weight excluding hydrogens is 575 g/mol. The molecule has 0 saturated heterocycles. The SMILES string of the molecule is O=C(CSc1cccc(NC(=O)/C(=C\c2c(F)cccc2Cl)NC(=O)c2ccccc2)c1)Nc1ccc2cc[nH]c2c1. The molecule has 5 aromatic rings. The number of aromatic nitrogens is 1. The molecule has 0 aliphatic carbocycles. The van der Waals surface area contributed by atoms with Crippen molar-refractivity contribution in [2.45, 2.75) is 4.90 Å². The fourth-order valence-electron chi connectivity index (χ4n) is 4.07. The second-order valence-electron chi connectivity index (χ2n) is 9.11. The molecule has 0 fully saturated rings. The zero-order chi connectivity index (χ0) is 29.5. The maximum Gasteiger partial charge on any atom is 0.272 e. The zero-order valence-corrected chi connectivity index (χ0v) is 23.6. The summed E-state index contributed by atoms with van der Waals surface area (Å²) in [5, 5.41) is 9.32. The van der Waals surface area contributed by atoms with Crippen molar-refractivity contribution in [1.82, 2.24) is 10.3 Å². The number of aromatic amines is 1. The highest BCUT2D eigenvalue weighted by molar-refractivity contribution is 8.00. The number of hydrogen-bond acceptors (Lipinski definition) is 4. The number of anilines is 2. The van der Waals surface area contributed by atoms with Crippen molar-refractivity contribution >= 4 is 69.4 Å². The Balaban J connectivity index is 1.28. The minimum absolute atomic E-state index is 0.0385. The number of benzene rings is 4. The van der Waals surface area contributed by atoms with Gasteiger partial charge in [-0.1, -0.05) is 48.0 Å². The molecule has 0 unspecified atom stereocenters. The van der Waals surface area contributed by atoms with Crippen LogP contribution in [0.2, 0.25) is 5.02 Å². The van der Waals surface area contributed by atoms with Gasteiger partial charge < -0.3 is 20.9 Å². The third-order valence-electron chi connectivity index (χ3n) is 6.12. The summed E-state index contributed by atoms with van der Waals surface area (Å²) >= 11 is 7.47. The van der Waals surface area contributed by atoms with E-state index in [0.717, 1.165) is 15.8 Å². The number of rotatable bonds is 9. The predicted molar refractivity (Wildman–Crippen MR) is 166 cm³/mol. The van der Waals surface area contributed by atoms with Crippen LogP contribution in [-0.4, -0.2) is 28.5 Å². The summed E-state index contributed by atoms with van der Waals surface area (Å²) in [5.41, 5.74) is 2.11. The molecule has 5 rings (SSSR count). The summed E-state index contributed by atoms with van der Waals surface area (Å²) in [7, 11) is 0. The Bertz CT molecular complexity index is 1790. The molecule has 7 nitrogen and oxygen atoms in total. The fourth-order valence-corrected chi connectivity index (χ4v) is 5.04. The lowest BCUT2D eigenvalue weighted by Crippen LogP contribution is -2.30. The lowest BCUT2D eigenvalue weighted by Gasteiger charge is -2.13. The van der Waals surface area contributed by atoms with Gasteiger partial charge in [0.1, 0.15) is 11.5 Å². The first kappa shape index (κ1) is 28.7. The third kappa shape index (κ3) is 7.25. The van der Waals surface area contributed by atoms with E-state index in [0.29, 0.717) is 16.9 Å². The lowest BCUT2D eigenvalue weighted by molar-refractivity contribution is -0.114. The van der Waals surface area contributed by atoms with Gasteiger partial charge in [-0.25, -0.2) is 4.39 Å². The molecule has 0 spiro atoms. The molecule has 4 N–H and O–H groups in total. The van der Waals surface area contributed by atoms with Crippen molar-refractivity contribution < 1.29 is 18.8 Å². The van der Waals surface area contributed by atoms with Crippen LogP contribution in [0.25, 0.3) is 17.0 Å². The minimum Gasteiger partial charge on any atom is -0.361 e. The Kier molecular flexibility index (Phi) is 9.01. The highest BCUT2D eigenvalue weighted by Gasteiger charge is 2.17. The van der Waals surface area contributed by atoms with Crippen LogP contribution in [0.3, 0.4) is 0 Å². The van der Waals surface area contributed by atoms with Crippen molar-refractivity contribution in [3.05, 3.63) is 131 Å². The van der Waals surface area contributed by atoms with Gasteiger partial charge in [0.15, 0.2) is 0 Å². The van der Waals surface area contributed by atoms with Gasteiger partial charge in [-0.15, -0.1) is 11.8 Å². The number of fused-ring (bicyclic) bond motifs is 1. The first-order chi connectivity index (χ1) is 20.4. The summed E-state index contributed by atoms with van der Waals surface area (Å²) in [5.74, 6) is -1.92. The molecule has 10 heteroatoms. The maximum absolute atomic E-state index is 14.5. The van der Waals surface area contributed by atoms with E-state index in [4.69, 9.17) is 11.6 Å². The van der Waals surface area contributed by atoms with E-state index in [9.17, 15) is 18.8 Å². The van der Waals surface area contributed by atoms with Gasteiger partial charge >= 0.3 is 0 Å². The van der Waals surface area contributed by atoms with Crippen LogP contribution >= 0.6 is 23.4 Å². The van der Waals surface area contributed by atoms with Crippen LogP contribution in [0.1, 0.15) is 15.9 Å². The van der Waals surface area contributed by atoms with Gasteiger partial charge in [-0.2, -0.15) is 0 Å². The second kappa shape index (κ2) is 13.2. The molecular formula is C32H24ClFN4O3S. The Hall–Kier alpha value is -4.86. The molecule has 0 bridgehead atoms. The summed E-state index contributed by atoms with van der Waals surface area (Å²) in [6, 6.07) is 27.0. The quantitative estimate of drug-likeness (QED) is 0.107. The molecule has 3 amide bonds. The molecule has 0 atom stereocenters. The van der Waals surface area contributed by atoms with Crippen LogP contribution in [0.15, 0.2) is 114 Å². The largest absolute Gasteiger partial charge is 0.361 e. The van der Waals surface area contributed by atoms with Gasteiger partial charge in [0.2, 0.25) is 5.91 Å². The van der Waals surface area contributed by atoms with Gasteiger partial charge in [0, 0.05) is 39.1 Å². The van der Waals surface area contributed by atoms with E-state index in [1.54, 1.807) is 48.5 Å². The topological polar surface area (TPSA) is 103 Å². The Morgan fingerprint density at radius 1 is 0.857 bits per heavy atom. The number of nitrogens with one attached hydrogen (secondary N) is 4. The average Bonchev–Trinajstić information content (AvgIpc) is 3.46. The normalized spacial score (nSPS) is 11.2. The number of carbonyl (C=O) groups is 3. The first-order valence-corrected chi connectivity index (χ1v) is 14.2. The van der Waals surface area contributed by atoms with E-state index in [-0.39, 0.29) is 27.9 Å². The van der Waals surface area contributed by atoms with Crippen LogP contribution in [0.4, 0.5) is 15.8 Å². The van der Waals surface area contributed by atoms with Gasteiger partial charge in [0.05, 0.1) is 10.8 Å². The van der Waals surface area contributed by atoms with Crippen LogP contribution in [0.5, 0.6) is 0 Å². The third-order valence-corrected chi connectivity index (χ3v) is 7.44. The number of thioether (sulfide) groups is 1. The molecule has 42 heavy (non-hydrogen) atoms. The predicted octanol–water partition coefficient (Wildman–Crippen LogP) is 7.10. The first-order valence-electron chi connectivity index (χ1n) is 12.8. The Morgan fingerprint density at radius 3 is 2.45 bits per heavy atom. The van der Waals surface area contributed by atoms with Crippen molar-refractivity contribution in [3.8, 4) is 0 Å². The number of halogens is 2. The molecule has 0 aliphatic heterocycles. The number of hydrogen-bond donors (Lipinski definition) is 4. The molecule has 4 aromatic carbocycles. The van der Waals surface area contributed by atoms with Crippen molar-refractivity contribution in [2.24, 2.45) is 0 Å². The van der Waals surface area contributed by atoms with E-state index >= 15 is 0 Å². The Morgan fingerprint density at radius 2 is 1.64 bits per heavy atom. The summed E-state index contributed by atoms with van der Waals surface area (Å²) in [6.07, 6.45) is 3.03. The molecule has 1 heterocycles. The number of H-pyrrole nitrogens is 1. The lowest BCUT2D eigenvalue weighted by atomic mass is 10.1. The number of carbonyl (C=O) groups excluding carboxylic acids is 3. The Labute approximate surface area is 250 Å². The van der Waals surface area contributed by atoms with E-state index in [1.165, 1.54) is 36.0 Å². The van der Waals surface area contributed by atoms with Gasteiger partial charge in [-0.3, -0.25) is 14.4 Å². The van der Waals surface area contributed by atoms with Crippen molar-refractivity contribution in [3.63, 3.8) is 0 Å². The van der Waals surface area contributed by atoms with Crippen molar-refractivity contribution in [2.75, 3.05) is 16.4 Å². The summed E-state index contributed by atoms with van der Waals surface area (Å²) in [6.45, 7) is 0. The molecule has 0 saturated carbocycles. The van der Waals surface area contributed by atoms with E-state index < -0.39 is 17.6 Å². The molecule has 0 aliphatic rings. The molecule has 0 radical (unpaired) electrons. The van der Waals surface area contributed by atoms with Gasteiger partial charge in [0.25, 0.3) is 11.8 Å². The standard InChI is InChI=1S/C32H24ClFN4O3S/c33-26-10-5-11-27(34)25(26)18-29(38-31(40)21-6-2-1-3-7-21)32(41)37-22-8-4-9-24(16-22)42-19-30(39)36-23-13-12-20-14-15-35-28(20)17-23/h1-18,35H,19H2,(H,36,39)(H,37,41)(H,38,40)/b29-18+. The maximum atomic E-state index is 14.5. The summed E-state index contributed by atoms with van der Waals surface area (Å²) < 4.78 is 14.5. The minimum atomic E-state index is -0.682. The summed E-state index contributed by atoms with van der Waals surface area (Å²) in [4.78, 5) is 42.6. The van der Waals surface area contributed by atoms with E-state index in [1.807, 2.05) is 36.5 Å². The average molecular weight is 599 g/mol. The smallest absolute Gasteiger partial charge is 0.272 e. The van der Waals surface area contributed by atoms with Crippen LogP contribution < -0.4 is 16.0 Å². The molecule has 210 valence electrons.